The Balaban J connectivity index is 2.03. The molecule has 3 rings (SSSR count). The van der Waals surface area contributed by atoms with Crippen LogP contribution in [-0.2, 0) is 0 Å². The molecule has 2 heterocycles. The first kappa shape index (κ1) is 14.0. The lowest BCUT2D eigenvalue weighted by molar-refractivity contribution is 0.102. The summed E-state index contributed by atoms with van der Waals surface area (Å²) in [5.41, 5.74) is 1.12. The maximum atomic E-state index is 12.5. The molecule has 104 valence electrons. The molecule has 0 fully saturated rings. The summed E-state index contributed by atoms with van der Waals surface area (Å²) in [4.78, 5) is 20.5. The van der Waals surface area contributed by atoms with Crippen molar-refractivity contribution in [1.82, 2.24) is 9.97 Å². The van der Waals surface area contributed by atoms with Gasteiger partial charge in [0.1, 0.15) is 5.15 Å². The van der Waals surface area contributed by atoms with E-state index in [4.69, 9.17) is 11.6 Å². The second-order valence-electron chi connectivity index (χ2n) is 4.32. The number of halogens is 2. The van der Waals surface area contributed by atoms with Crippen molar-refractivity contribution in [3.8, 4) is 0 Å². The number of nitrogens with one attached hydrogen (secondary N) is 1. The molecule has 0 saturated heterocycles. The molecule has 0 bridgehead atoms. The Morgan fingerprint density at radius 3 is 2.67 bits per heavy atom. The molecule has 21 heavy (non-hydrogen) atoms. The van der Waals surface area contributed by atoms with Crippen LogP contribution in [0, 0.1) is 0 Å². The average molecular weight is 363 g/mol. The molecule has 1 N–H and O–H groups in total. The maximum Gasteiger partial charge on any atom is 0.257 e. The van der Waals surface area contributed by atoms with Gasteiger partial charge in [-0.1, -0.05) is 35.9 Å². The number of pyridine rings is 2. The lowest BCUT2D eigenvalue weighted by Crippen LogP contribution is -2.13. The fraction of sp³-hybridized carbons (Fsp3) is 0. The second-order valence-corrected chi connectivity index (χ2v) is 5.53. The summed E-state index contributed by atoms with van der Waals surface area (Å²) < 4.78 is 0.713. The van der Waals surface area contributed by atoms with Crippen LogP contribution in [0.2, 0.25) is 5.15 Å². The largest absolute Gasteiger partial charge is 0.321 e. The van der Waals surface area contributed by atoms with E-state index in [1.807, 2.05) is 24.3 Å². The Morgan fingerprint density at radius 2 is 1.90 bits per heavy atom. The predicted molar refractivity (Wildman–Crippen MR) is 86.6 cm³/mol. The highest BCUT2D eigenvalue weighted by atomic mass is 79.9. The Bertz CT molecular complexity index is 838. The monoisotopic (exact) mass is 361 g/mol. The van der Waals surface area contributed by atoms with Gasteiger partial charge in [0.2, 0.25) is 0 Å². The van der Waals surface area contributed by atoms with Crippen LogP contribution in [0.5, 0.6) is 0 Å². The Morgan fingerprint density at radius 1 is 1.14 bits per heavy atom. The number of anilines is 1. The van der Waals surface area contributed by atoms with Gasteiger partial charge >= 0.3 is 0 Å². The molecule has 1 aromatic carbocycles. The summed E-state index contributed by atoms with van der Waals surface area (Å²) in [7, 11) is 0. The molecule has 0 spiro atoms. The SMILES string of the molecule is O=C(Nc1ccncc1Br)c1cnc(Cl)c2ccccc12. The third-order valence-electron chi connectivity index (χ3n) is 3.01. The number of carbonyl (C=O) groups is 1. The van der Waals surface area contributed by atoms with Gasteiger partial charge in [-0.15, -0.1) is 0 Å². The number of aromatic nitrogens is 2. The van der Waals surface area contributed by atoms with E-state index in [0.717, 1.165) is 10.8 Å². The summed E-state index contributed by atoms with van der Waals surface area (Å²) in [6.07, 6.45) is 4.71. The summed E-state index contributed by atoms with van der Waals surface area (Å²) in [6.45, 7) is 0. The Hall–Kier alpha value is -1.98. The molecule has 0 aliphatic heterocycles. The smallest absolute Gasteiger partial charge is 0.257 e. The van der Waals surface area contributed by atoms with E-state index in [1.165, 1.54) is 6.20 Å². The molecule has 0 aliphatic rings. The molecule has 0 radical (unpaired) electrons. The molecule has 2 aromatic heterocycles. The van der Waals surface area contributed by atoms with Crippen molar-refractivity contribution in [2.45, 2.75) is 0 Å². The van der Waals surface area contributed by atoms with Gasteiger partial charge < -0.3 is 5.32 Å². The van der Waals surface area contributed by atoms with Gasteiger partial charge in [-0.2, -0.15) is 0 Å². The van der Waals surface area contributed by atoms with E-state index < -0.39 is 0 Å². The van der Waals surface area contributed by atoms with Gasteiger partial charge in [-0.3, -0.25) is 9.78 Å². The van der Waals surface area contributed by atoms with E-state index >= 15 is 0 Å². The van der Waals surface area contributed by atoms with Crippen LogP contribution >= 0.6 is 27.5 Å². The van der Waals surface area contributed by atoms with Crippen LogP contribution in [0.4, 0.5) is 5.69 Å². The van der Waals surface area contributed by atoms with Crippen molar-refractivity contribution in [2.24, 2.45) is 0 Å². The number of hydrogen-bond acceptors (Lipinski definition) is 3. The first-order valence-electron chi connectivity index (χ1n) is 6.11. The van der Waals surface area contributed by atoms with Crippen molar-refractivity contribution < 1.29 is 4.79 Å². The van der Waals surface area contributed by atoms with E-state index in [1.54, 1.807) is 18.5 Å². The van der Waals surface area contributed by atoms with Gasteiger partial charge in [0.05, 0.1) is 15.7 Å². The molecule has 4 nitrogen and oxygen atoms in total. The standard InChI is InChI=1S/C15H9BrClN3O/c16-12-8-18-6-5-13(12)20-15(21)11-7-19-14(17)10-4-2-1-3-9(10)11/h1-8H,(H,18,20,21). The van der Waals surface area contributed by atoms with Crippen molar-refractivity contribution in [3.05, 3.63) is 64.1 Å². The topological polar surface area (TPSA) is 54.9 Å². The summed E-state index contributed by atoms with van der Waals surface area (Å²) in [5, 5.41) is 4.73. The van der Waals surface area contributed by atoms with Gasteiger partial charge in [0, 0.05) is 24.0 Å². The molecule has 1 amide bonds. The summed E-state index contributed by atoms with van der Waals surface area (Å²) in [5.74, 6) is -0.248. The maximum absolute atomic E-state index is 12.5. The van der Waals surface area contributed by atoms with Crippen molar-refractivity contribution >= 4 is 49.9 Å². The quantitative estimate of drug-likeness (QED) is 0.692. The van der Waals surface area contributed by atoms with E-state index in [9.17, 15) is 4.79 Å². The molecule has 3 aromatic rings. The second kappa shape index (κ2) is 5.79. The van der Waals surface area contributed by atoms with Gasteiger partial charge in [-0.05, 0) is 27.4 Å². The third kappa shape index (κ3) is 2.75. The van der Waals surface area contributed by atoms with Crippen molar-refractivity contribution in [3.63, 3.8) is 0 Å². The molecule has 0 aliphatic carbocycles. The number of amides is 1. The Kier molecular flexibility index (Phi) is 3.86. The zero-order valence-electron chi connectivity index (χ0n) is 10.7. The summed E-state index contributed by atoms with van der Waals surface area (Å²) >= 11 is 9.41. The van der Waals surface area contributed by atoms with Gasteiger partial charge in [-0.25, -0.2) is 4.98 Å². The predicted octanol–water partition coefficient (Wildman–Crippen LogP) is 4.30. The molecule has 0 atom stereocenters. The molecular weight excluding hydrogens is 354 g/mol. The number of rotatable bonds is 2. The first-order valence-corrected chi connectivity index (χ1v) is 7.28. The number of carbonyl (C=O) groups excluding carboxylic acids is 1. The number of nitrogens with zero attached hydrogens (tertiary/aromatic N) is 2. The molecular formula is C15H9BrClN3O. The minimum Gasteiger partial charge on any atom is -0.321 e. The average Bonchev–Trinajstić information content (AvgIpc) is 2.50. The Labute approximate surface area is 134 Å². The van der Waals surface area contributed by atoms with Crippen LogP contribution in [0.25, 0.3) is 10.8 Å². The number of fused-ring (bicyclic) bond motifs is 1. The highest BCUT2D eigenvalue weighted by Gasteiger charge is 2.13. The molecule has 0 unspecified atom stereocenters. The van der Waals surface area contributed by atoms with E-state index in [-0.39, 0.29) is 5.91 Å². The van der Waals surface area contributed by atoms with Crippen LogP contribution in [-0.4, -0.2) is 15.9 Å². The highest BCUT2D eigenvalue weighted by molar-refractivity contribution is 9.10. The molecule has 0 saturated carbocycles. The van der Waals surface area contributed by atoms with E-state index in [2.05, 4.69) is 31.2 Å². The van der Waals surface area contributed by atoms with Crippen LogP contribution in [0.3, 0.4) is 0 Å². The lowest BCUT2D eigenvalue weighted by atomic mass is 10.1. The fourth-order valence-corrected chi connectivity index (χ4v) is 2.57. The van der Waals surface area contributed by atoms with Crippen LogP contribution < -0.4 is 5.32 Å². The summed E-state index contributed by atoms with van der Waals surface area (Å²) in [6, 6.07) is 9.12. The van der Waals surface area contributed by atoms with Crippen molar-refractivity contribution in [2.75, 3.05) is 5.32 Å². The minimum absolute atomic E-state index is 0.248. The molecule has 6 heteroatoms. The van der Waals surface area contributed by atoms with Gasteiger partial charge in [0.15, 0.2) is 0 Å². The minimum atomic E-state index is -0.248. The zero-order chi connectivity index (χ0) is 14.8. The normalized spacial score (nSPS) is 10.6. The third-order valence-corrected chi connectivity index (χ3v) is 3.94. The first-order chi connectivity index (χ1) is 10.2. The van der Waals surface area contributed by atoms with Crippen molar-refractivity contribution in [1.29, 1.82) is 0 Å². The highest BCUT2D eigenvalue weighted by Crippen LogP contribution is 2.26. The van der Waals surface area contributed by atoms with E-state index in [0.29, 0.717) is 20.9 Å². The lowest BCUT2D eigenvalue weighted by Gasteiger charge is -2.09. The van der Waals surface area contributed by atoms with Crippen LogP contribution in [0.15, 0.2) is 53.4 Å². The number of hydrogen-bond donors (Lipinski definition) is 1. The zero-order valence-corrected chi connectivity index (χ0v) is 13.0. The van der Waals surface area contributed by atoms with Gasteiger partial charge in [0.25, 0.3) is 5.91 Å². The fourth-order valence-electron chi connectivity index (χ4n) is 2.01. The number of benzene rings is 1. The van der Waals surface area contributed by atoms with Crippen LogP contribution in [0.1, 0.15) is 10.4 Å².